The lowest BCUT2D eigenvalue weighted by molar-refractivity contribution is 0.0661. The molecule has 1 aromatic heterocycles. The number of carboxylic acid groups (broad SMARTS) is 1. The fourth-order valence-corrected chi connectivity index (χ4v) is 0.669. The van der Waals surface area contributed by atoms with Gasteiger partial charge in [-0.15, -0.1) is 5.10 Å². The molecule has 66 valence electrons. The van der Waals surface area contributed by atoms with Crippen molar-refractivity contribution in [1.29, 1.82) is 0 Å². The summed E-state index contributed by atoms with van der Waals surface area (Å²) < 4.78 is 24.7. The van der Waals surface area contributed by atoms with Crippen molar-refractivity contribution in [3.8, 4) is 0 Å². The molecule has 1 N–H and O–H groups in total. The molecule has 12 heavy (non-hydrogen) atoms. The Balaban J connectivity index is 2.98. The van der Waals surface area contributed by atoms with E-state index in [1.54, 1.807) is 0 Å². The number of aromatic nitrogens is 3. The van der Waals surface area contributed by atoms with Gasteiger partial charge in [-0.3, -0.25) is 0 Å². The first-order valence-electron chi connectivity index (χ1n) is 3.00. The zero-order valence-corrected chi connectivity index (χ0v) is 5.81. The topological polar surface area (TPSA) is 68.0 Å². The van der Waals surface area contributed by atoms with Crippen LogP contribution in [0, 0.1) is 0 Å². The molecule has 0 aliphatic carbocycles. The lowest BCUT2D eigenvalue weighted by Crippen LogP contribution is -2.14. The van der Waals surface area contributed by atoms with Gasteiger partial charge in [0.1, 0.15) is 6.67 Å². The molecule has 1 aromatic rings. The van der Waals surface area contributed by atoms with Gasteiger partial charge in [0, 0.05) is 0 Å². The maximum absolute atomic E-state index is 12.5. The summed E-state index contributed by atoms with van der Waals surface area (Å²) in [6.45, 7) is -1.33. The van der Waals surface area contributed by atoms with Crippen LogP contribution in [0.2, 0.25) is 0 Å². The number of hydrogen-bond donors (Lipinski definition) is 1. The standard InChI is InChI=1S/C5H5F2N3O2/c6-1-4(7)10-3(5(11)12)2-8-9-10/h2,4H,1H2,(H,11,12). The number of rotatable bonds is 3. The van der Waals surface area contributed by atoms with Gasteiger partial charge in [-0.2, -0.15) is 0 Å². The van der Waals surface area contributed by atoms with Gasteiger partial charge < -0.3 is 5.11 Å². The Labute approximate surface area is 65.6 Å². The van der Waals surface area contributed by atoms with Crippen molar-refractivity contribution in [2.24, 2.45) is 0 Å². The van der Waals surface area contributed by atoms with E-state index in [9.17, 15) is 13.6 Å². The van der Waals surface area contributed by atoms with Gasteiger partial charge >= 0.3 is 5.97 Å². The minimum absolute atomic E-state index is 0.377. The monoisotopic (exact) mass is 177 g/mol. The second kappa shape index (κ2) is 3.24. The van der Waals surface area contributed by atoms with Gasteiger partial charge in [0.25, 0.3) is 0 Å². The Hall–Kier alpha value is -1.53. The molecule has 0 spiro atoms. The third-order valence-corrected chi connectivity index (χ3v) is 1.19. The van der Waals surface area contributed by atoms with Crippen LogP contribution >= 0.6 is 0 Å². The van der Waals surface area contributed by atoms with E-state index in [2.05, 4.69) is 10.3 Å². The van der Waals surface area contributed by atoms with E-state index in [1.807, 2.05) is 0 Å². The lowest BCUT2D eigenvalue weighted by atomic mass is 10.4. The van der Waals surface area contributed by atoms with Crippen LogP contribution in [0.3, 0.4) is 0 Å². The maximum Gasteiger partial charge on any atom is 0.355 e. The van der Waals surface area contributed by atoms with Crippen LogP contribution in [0.4, 0.5) is 8.78 Å². The predicted molar refractivity (Wildman–Crippen MR) is 33.1 cm³/mol. The Morgan fingerprint density at radius 3 is 3.00 bits per heavy atom. The Morgan fingerprint density at radius 1 is 1.83 bits per heavy atom. The number of carboxylic acids is 1. The van der Waals surface area contributed by atoms with Crippen molar-refractivity contribution < 1.29 is 18.7 Å². The third-order valence-electron chi connectivity index (χ3n) is 1.19. The van der Waals surface area contributed by atoms with Crippen LogP contribution < -0.4 is 0 Å². The molecule has 0 aliphatic heterocycles. The molecule has 0 fully saturated rings. The molecule has 0 aliphatic rings. The van der Waals surface area contributed by atoms with Crippen molar-refractivity contribution in [3.05, 3.63) is 11.9 Å². The average Bonchev–Trinajstić information content (AvgIpc) is 2.50. The zero-order chi connectivity index (χ0) is 9.14. The second-order valence-electron chi connectivity index (χ2n) is 1.96. The molecular weight excluding hydrogens is 172 g/mol. The number of aromatic carboxylic acids is 1. The molecule has 0 saturated carbocycles. The minimum Gasteiger partial charge on any atom is -0.476 e. The molecule has 1 heterocycles. The number of nitrogens with zero attached hydrogens (tertiary/aromatic N) is 3. The normalized spacial score (nSPS) is 12.8. The summed E-state index contributed by atoms with van der Waals surface area (Å²) >= 11 is 0. The maximum atomic E-state index is 12.5. The van der Waals surface area contributed by atoms with Crippen molar-refractivity contribution in [2.45, 2.75) is 6.30 Å². The summed E-state index contributed by atoms with van der Waals surface area (Å²) in [4.78, 5) is 10.3. The third kappa shape index (κ3) is 1.39. The summed E-state index contributed by atoms with van der Waals surface area (Å²) in [6.07, 6.45) is -1.23. The smallest absolute Gasteiger partial charge is 0.355 e. The lowest BCUT2D eigenvalue weighted by Gasteiger charge is -2.03. The highest BCUT2D eigenvalue weighted by Gasteiger charge is 2.18. The minimum atomic E-state index is -2.08. The molecule has 0 aromatic carbocycles. The Kier molecular flexibility index (Phi) is 2.32. The van der Waals surface area contributed by atoms with Gasteiger partial charge in [0.2, 0.25) is 6.30 Å². The van der Waals surface area contributed by atoms with Crippen molar-refractivity contribution in [1.82, 2.24) is 15.0 Å². The molecule has 5 nitrogen and oxygen atoms in total. The van der Waals surface area contributed by atoms with Gasteiger partial charge in [0.05, 0.1) is 6.20 Å². The predicted octanol–water partition coefficient (Wildman–Crippen LogP) is 0.414. The molecular formula is C5H5F2N3O2. The van der Waals surface area contributed by atoms with E-state index >= 15 is 0 Å². The molecule has 0 bridgehead atoms. The highest BCUT2D eigenvalue weighted by atomic mass is 19.2. The largest absolute Gasteiger partial charge is 0.476 e. The van der Waals surface area contributed by atoms with E-state index in [0.29, 0.717) is 4.68 Å². The number of alkyl halides is 2. The van der Waals surface area contributed by atoms with E-state index in [1.165, 1.54) is 0 Å². The summed E-state index contributed by atoms with van der Waals surface area (Å²) in [5.74, 6) is -1.39. The van der Waals surface area contributed by atoms with E-state index in [-0.39, 0.29) is 0 Å². The van der Waals surface area contributed by atoms with Gasteiger partial charge in [-0.1, -0.05) is 5.21 Å². The summed E-state index contributed by atoms with van der Waals surface area (Å²) in [5, 5.41) is 14.6. The van der Waals surface area contributed by atoms with E-state index in [0.717, 1.165) is 6.20 Å². The fraction of sp³-hybridized carbons (Fsp3) is 0.400. The molecule has 1 unspecified atom stereocenters. The van der Waals surface area contributed by atoms with E-state index in [4.69, 9.17) is 5.11 Å². The van der Waals surface area contributed by atoms with E-state index < -0.39 is 24.6 Å². The first-order chi connectivity index (χ1) is 5.66. The first-order valence-corrected chi connectivity index (χ1v) is 3.00. The molecule has 0 amide bonds. The van der Waals surface area contributed by atoms with Crippen molar-refractivity contribution in [3.63, 3.8) is 0 Å². The van der Waals surface area contributed by atoms with Gasteiger partial charge in [-0.25, -0.2) is 18.3 Å². The Bertz CT molecular complexity index is 288. The molecule has 7 heteroatoms. The van der Waals surface area contributed by atoms with Crippen molar-refractivity contribution in [2.75, 3.05) is 6.67 Å². The molecule has 1 atom stereocenters. The molecule has 1 rings (SSSR count). The first kappa shape index (κ1) is 8.57. The average molecular weight is 177 g/mol. The number of hydrogen-bond acceptors (Lipinski definition) is 3. The molecule has 0 radical (unpaired) electrons. The number of carbonyl (C=O) groups is 1. The fourth-order valence-electron chi connectivity index (χ4n) is 0.669. The highest BCUT2D eigenvalue weighted by Crippen LogP contribution is 2.09. The van der Waals surface area contributed by atoms with Crippen molar-refractivity contribution >= 4 is 5.97 Å². The highest BCUT2D eigenvalue weighted by molar-refractivity contribution is 5.85. The van der Waals surface area contributed by atoms with Crippen LogP contribution in [0.15, 0.2) is 6.20 Å². The quantitative estimate of drug-likeness (QED) is 0.726. The number of halogens is 2. The summed E-state index contributed by atoms with van der Waals surface area (Å²) in [7, 11) is 0. The van der Waals surface area contributed by atoms with Crippen LogP contribution in [0.1, 0.15) is 16.8 Å². The van der Waals surface area contributed by atoms with Gasteiger partial charge in [0.15, 0.2) is 5.69 Å². The Morgan fingerprint density at radius 2 is 2.50 bits per heavy atom. The summed E-state index contributed by atoms with van der Waals surface area (Å²) in [5.41, 5.74) is -0.472. The molecule has 0 saturated heterocycles. The SMILES string of the molecule is O=C(O)c1cnnn1C(F)CF. The zero-order valence-electron chi connectivity index (χ0n) is 5.81. The summed E-state index contributed by atoms with van der Waals surface area (Å²) in [6, 6.07) is 0. The second-order valence-corrected chi connectivity index (χ2v) is 1.96. The van der Waals surface area contributed by atoms with Crippen LogP contribution in [0.25, 0.3) is 0 Å². The van der Waals surface area contributed by atoms with Crippen LogP contribution in [-0.4, -0.2) is 32.7 Å². The van der Waals surface area contributed by atoms with Gasteiger partial charge in [-0.05, 0) is 0 Å². The van der Waals surface area contributed by atoms with Crippen LogP contribution in [-0.2, 0) is 0 Å². The van der Waals surface area contributed by atoms with Crippen LogP contribution in [0.5, 0.6) is 0 Å².